The van der Waals surface area contributed by atoms with Crippen molar-refractivity contribution in [1.82, 2.24) is 0 Å². The summed E-state index contributed by atoms with van der Waals surface area (Å²) in [6.07, 6.45) is 1.70. The van der Waals surface area contributed by atoms with Crippen LogP contribution in [-0.4, -0.2) is 11.3 Å². The first-order valence-electron chi connectivity index (χ1n) is 3.98. The zero-order chi connectivity index (χ0) is 9.14. The predicted molar refractivity (Wildman–Crippen MR) is 44.3 cm³/mol. The highest BCUT2D eigenvalue weighted by atomic mass is 16.5. The first-order chi connectivity index (χ1) is 5.61. The molecule has 0 radical (unpaired) electrons. The Bertz CT molecular complexity index is 271. The Morgan fingerprint density at radius 2 is 2.17 bits per heavy atom. The molecule has 0 saturated carbocycles. The number of ether oxygens (including phenoxy) is 1. The fourth-order valence-corrected chi connectivity index (χ4v) is 0.936. The van der Waals surface area contributed by atoms with Crippen LogP contribution in [0.2, 0.25) is 0 Å². The van der Waals surface area contributed by atoms with Crippen LogP contribution >= 0.6 is 0 Å². The van der Waals surface area contributed by atoms with Gasteiger partial charge in [0.15, 0.2) is 5.75 Å². The summed E-state index contributed by atoms with van der Waals surface area (Å²) >= 11 is 0. The topological polar surface area (TPSA) is 33.3 Å². The van der Waals surface area contributed by atoms with Crippen LogP contribution < -0.4 is 9.47 Å². The van der Waals surface area contributed by atoms with Crippen LogP contribution in [-0.2, 0) is 0 Å². The molecule has 0 bridgehead atoms. The number of pyridine rings is 1. The fraction of sp³-hybridized carbons (Fsp3) is 0.444. The second kappa shape index (κ2) is 3.43. The minimum Gasteiger partial charge on any atom is -0.484 e. The second-order valence-corrected chi connectivity index (χ2v) is 2.97. The van der Waals surface area contributed by atoms with Crippen molar-refractivity contribution in [2.45, 2.75) is 26.9 Å². The normalized spacial score (nSPS) is 10.3. The first-order valence-corrected chi connectivity index (χ1v) is 3.98. The van der Waals surface area contributed by atoms with E-state index in [1.54, 1.807) is 19.2 Å². The Balaban J connectivity index is 2.92. The molecule has 0 unspecified atom stereocenters. The van der Waals surface area contributed by atoms with Gasteiger partial charge in [0.25, 0.3) is 5.69 Å². The van der Waals surface area contributed by atoms with E-state index in [-0.39, 0.29) is 6.10 Å². The van der Waals surface area contributed by atoms with Gasteiger partial charge in [-0.3, -0.25) is 5.21 Å². The minimum absolute atomic E-state index is 0.131. The van der Waals surface area contributed by atoms with E-state index in [1.165, 1.54) is 0 Å². The average Bonchev–Trinajstić information content (AvgIpc) is 1.98. The van der Waals surface area contributed by atoms with Crippen LogP contribution in [0.1, 0.15) is 19.5 Å². The molecule has 1 heterocycles. The van der Waals surface area contributed by atoms with Crippen LogP contribution in [0, 0.1) is 6.92 Å². The highest BCUT2D eigenvalue weighted by Crippen LogP contribution is 2.13. The molecule has 1 aromatic heterocycles. The summed E-state index contributed by atoms with van der Waals surface area (Å²) in [5, 5.41) is 9.25. The molecule has 0 fully saturated rings. The Morgan fingerprint density at radius 1 is 1.50 bits per heavy atom. The molecule has 0 aliphatic heterocycles. The van der Waals surface area contributed by atoms with Crippen molar-refractivity contribution < 1.29 is 14.7 Å². The zero-order valence-corrected chi connectivity index (χ0v) is 7.61. The smallest absolute Gasteiger partial charge is 0.272 e. The molecule has 0 amide bonds. The second-order valence-electron chi connectivity index (χ2n) is 2.97. The molecule has 3 heteroatoms. The Kier molecular flexibility index (Phi) is 2.53. The lowest BCUT2D eigenvalue weighted by atomic mass is 10.3. The number of nitrogens with zero attached hydrogens (tertiary/aromatic N) is 1. The number of aromatic nitrogens is 1. The van der Waals surface area contributed by atoms with Crippen molar-refractivity contribution >= 4 is 0 Å². The van der Waals surface area contributed by atoms with Crippen molar-refractivity contribution in [1.29, 1.82) is 0 Å². The van der Waals surface area contributed by atoms with E-state index in [9.17, 15) is 5.21 Å². The summed E-state index contributed by atoms with van der Waals surface area (Å²) in [5.41, 5.74) is 0.714. The summed E-state index contributed by atoms with van der Waals surface area (Å²) in [6.45, 7) is 5.71. The maximum atomic E-state index is 9.25. The van der Waals surface area contributed by atoms with Gasteiger partial charge in [0.1, 0.15) is 0 Å². The number of hydrogen-bond donors (Lipinski definition) is 1. The maximum absolute atomic E-state index is 9.25. The first kappa shape index (κ1) is 8.84. The van der Waals surface area contributed by atoms with Crippen molar-refractivity contribution in [3.05, 3.63) is 24.0 Å². The third-order valence-electron chi connectivity index (χ3n) is 1.54. The summed E-state index contributed by atoms with van der Waals surface area (Å²) in [4.78, 5) is 0. The van der Waals surface area contributed by atoms with Crippen molar-refractivity contribution in [2.24, 2.45) is 0 Å². The molecule has 1 N–H and O–H groups in total. The SMILES string of the molecule is Cc1c(OC(C)C)ccc[n+]1O. The largest absolute Gasteiger partial charge is 0.484 e. The molecule has 3 nitrogen and oxygen atoms in total. The van der Waals surface area contributed by atoms with E-state index in [2.05, 4.69) is 0 Å². The molecule has 12 heavy (non-hydrogen) atoms. The number of hydrogen-bond acceptors (Lipinski definition) is 2. The van der Waals surface area contributed by atoms with Crippen LogP contribution in [0.25, 0.3) is 0 Å². The lowest BCUT2D eigenvalue weighted by Gasteiger charge is -2.08. The van der Waals surface area contributed by atoms with Crippen molar-refractivity contribution in [3.63, 3.8) is 0 Å². The van der Waals surface area contributed by atoms with Gasteiger partial charge in [-0.05, 0) is 19.9 Å². The van der Waals surface area contributed by atoms with E-state index in [1.807, 2.05) is 19.9 Å². The third-order valence-corrected chi connectivity index (χ3v) is 1.54. The summed E-state index contributed by atoms with van der Waals surface area (Å²) in [6, 6.07) is 3.58. The van der Waals surface area contributed by atoms with Crippen LogP contribution in [0.15, 0.2) is 18.3 Å². The van der Waals surface area contributed by atoms with Crippen molar-refractivity contribution in [2.75, 3.05) is 0 Å². The monoisotopic (exact) mass is 168 g/mol. The lowest BCUT2D eigenvalue weighted by Crippen LogP contribution is -2.33. The molecular formula is C9H14NO2+. The van der Waals surface area contributed by atoms with E-state index in [0.717, 1.165) is 10.5 Å². The zero-order valence-electron chi connectivity index (χ0n) is 7.61. The van der Waals surface area contributed by atoms with E-state index >= 15 is 0 Å². The summed E-state index contributed by atoms with van der Waals surface area (Å²) < 4.78 is 6.50. The highest BCUT2D eigenvalue weighted by Gasteiger charge is 2.11. The average molecular weight is 168 g/mol. The standard InChI is InChI=1S/C9H14NO2/c1-7(2)12-9-5-4-6-10(11)8(9)3/h4-7,11H,1-3H3/q+1. The Hall–Kier alpha value is -1.25. The Morgan fingerprint density at radius 3 is 2.75 bits per heavy atom. The van der Waals surface area contributed by atoms with Gasteiger partial charge in [-0.1, -0.05) is 0 Å². The molecule has 0 aromatic carbocycles. The van der Waals surface area contributed by atoms with Gasteiger partial charge in [0.05, 0.1) is 6.10 Å². The molecular weight excluding hydrogens is 154 g/mol. The molecule has 66 valence electrons. The molecule has 0 aliphatic carbocycles. The van der Waals surface area contributed by atoms with E-state index in [4.69, 9.17) is 4.74 Å². The fourth-order valence-electron chi connectivity index (χ4n) is 0.936. The van der Waals surface area contributed by atoms with Gasteiger partial charge < -0.3 is 4.74 Å². The highest BCUT2D eigenvalue weighted by molar-refractivity contribution is 5.21. The molecule has 0 spiro atoms. The van der Waals surface area contributed by atoms with Gasteiger partial charge >= 0.3 is 0 Å². The summed E-state index contributed by atoms with van der Waals surface area (Å²) in [7, 11) is 0. The Labute approximate surface area is 72.2 Å². The molecule has 1 rings (SSSR count). The van der Waals surface area contributed by atoms with Gasteiger partial charge in [-0.25, -0.2) is 0 Å². The minimum atomic E-state index is 0.131. The summed E-state index contributed by atoms with van der Waals surface area (Å²) in [5.74, 6) is 0.718. The van der Waals surface area contributed by atoms with Gasteiger partial charge in [-0.2, -0.15) is 0 Å². The molecule has 0 saturated heterocycles. The quantitative estimate of drug-likeness (QED) is 0.533. The third kappa shape index (κ3) is 1.87. The molecule has 0 atom stereocenters. The predicted octanol–water partition coefficient (Wildman–Crippen LogP) is 1.31. The van der Waals surface area contributed by atoms with Gasteiger partial charge in [-0.15, -0.1) is 0 Å². The van der Waals surface area contributed by atoms with Gasteiger partial charge in [0.2, 0.25) is 6.20 Å². The van der Waals surface area contributed by atoms with E-state index in [0.29, 0.717) is 5.69 Å². The number of rotatable bonds is 2. The molecule has 1 aromatic rings. The van der Waals surface area contributed by atoms with Crippen molar-refractivity contribution in [3.8, 4) is 5.75 Å². The van der Waals surface area contributed by atoms with Crippen LogP contribution in [0.4, 0.5) is 0 Å². The van der Waals surface area contributed by atoms with Gasteiger partial charge in [0, 0.05) is 17.7 Å². The van der Waals surface area contributed by atoms with E-state index < -0.39 is 0 Å². The lowest BCUT2D eigenvalue weighted by molar-refractivity contribution is -0.908. The maximum Gasteiger partial charge on any atom is 0.272 e. The van der Waals surface area contributed by atoms with Crippen LogP contribution in [0.5, 0.6) is 5.75 Å². The van der Waals surface area contributed by atoms with Crippen LogP contribution in [0.3, 0.4) is 0 Å². The molecule has 0 aliphatic rings.